The molecule has 2 aliphatic heterocycles. The van der Waals surface area contributed by atoms with Crippen LogP contribution in [-0.4, -0.2) is 34.1 Å². The van der Waals surface area contributed by atoms with Crippen molar-refractivity contribution in [2.45, 2.75) is 22.1 Å². The van der Waals surface area contributed by atoms with Crippen LogP contribution in [0.5, 0.6) is 0 Å². The molecular formula is C7H6Cl4O6. The quantitative estimate of drug-likeness (QED) is 0.503. The van der Waals surface area contributed by atoms with Gasteiger partial charge in [-0.2, -0.15) is 0 Å². The Kier molecular flexibility index (Phi) is 4.46. The molecule has 6 nitrogen and oxygen atoms in total. The summed E-state index contributed by atoms with van der Waals surface area (Å²) in [7, 11) is 0. The summed E-state index contributed by atoms with van der Waals surface area (Å²) in [6, 6.07) is 0. The lowest BCUT2D eigenvalue weighted by Gasteiger charge is -2.17. The first-order valence-electron chi connectivity index (χ1n) is 4.15. The summed E-state index contributed by atoms with van der Waals surface area (Å²) in [5, 5.41) is 0. The topological polar surface area (TPSA) is 71.1 Å². The highest BCUT2D eigenvalue weighted by Gasteiger charge is 2.61. The number of alkyl halides is 4. The van der Waals surface area contributed by atoms with E-state index >= 15 is 0 Å². The highest BCUT2D eigenvalue weighted by atomic mass is 35.5. The van der Waals surface area contributed by atoms with Gasteiger partial charge in [-0.3, -0.25) is 0 Å². The zero-order valence-corrected chi connectivity index (χ0v) is 11.3. The average molecular weight is 328 g/mol. The van der Waals surface area contributed by atoms with Crippen molar-refractivity contribution in [2.24, 2.45) is 0 Å². The van der Waals surface area contributed by atoms with Crippen molar-refractivity contribution in [3.8, 4) is 0 Å². The molecule has 0 N–H and O–H groups in total. The third kappa shape index (κ3) is 3.84. The molecule has 0 aliphatic carbocycles. The van der Waals surface area contributed by atoms with Crippen LogP contribution in [0.2, 0.25) is 0 Å². The fourth-order valence-electron chi connectivity index (χ4n) is 0.767. The van der Waals surface area contributed by atoms with Crippen LogP contribution in [0.3, 0.4) is 0 Å². The Labute approximate surface area is 116 Å². The Bertz CT molecular complexity index is 312. The van der Waals surface area contributed by atoms with Crippen LogP contribution in [0.15, 0.2) is 0 Å². The molecular weight excluding hydrogens is 322 g/mol. The summed E-state index contributed by atoms with van der Waals surface area (Å²) in [6.07, 6.45) is -1.70. The zero-order valence-electron chi connectivity index (χ0n) is 8.25. The van der Waals surface area contributed by atoms with Gasteiger partial charge in [0.2, 0.25) is 0 Å². The molecule has 98 valence electrons. The maximum absolute atomic E-state index is 10.3. The minimum absolute atomic E-state index is 0.0486. The lowest BCUT2D eigenvalue weighted by Crippen LogP contribution is -2.31. The molecule has 2 fully saturated rings. The Morgan fingerprint density at radius 2 is 1.53 bits per heavy atom. The number of cyclic esters (lactones) is 4. The number of ether oxygens (including phenoxy) is 4. The number of rotatable bonds is 0. The van der Waals surface area contributed by atoms with Crippen LogP contribution in [-0.2, 0) is 18.9 Å². The second-order valence-corrected chi connectivity index (χ2v) is 5.49. The lowest BCUT2D eigenvalue weighted by molar-refractivity contribution is 0.120. The molecule has 0 saturated carbocycles. The Morgan fingerprint density at radius 1 is 1.06 bits per heavy atom. The van der Waals surface area contributed by atoms with Gasteiger partial charge < -0.3 is 18.9 Å². The van der Waals surface area contributed by atoms with E-state index in [1.807, 2.05) is 0 Å². The highest BCUT2D eigenvalue weighted by molar-refractivity contribution is 6.61. The lowest BCUT2D eigenvalue weighted by atomic mass is 10.5. The van der Waals surface area contributed by atoms with E-state index in [9.17, 15) is 9.59 Å². The second kappa shape index (κ2) is 5.14. The minimum atomic E-state index is -2.03. The standard InChI is InChI=1S/C4H6O3.C3Cl4O3/c1-3-2-6-4(5)7-3;4-2(5)3(6,7)10-1(8)9-2/h3H,2H2,1H3;. The summed E-state index contributed by atoms with van der Waals surface area (Å²) < 4.78 is 13.2. The van der Waals surface area contributed by atoms with E-state index in [0.29, 0.717) is 6.61 Å². The fourth-order valence-corrected chi connectivity index (χ4v) is 1.17. The predicted molar refractivity (Wildman–Crippen MR) is 58.3 cm³/mol. The Balaban J connectivity index is 0.000000181. The van der Waals surface area contributed by atoms with E-state index in [4.69, 9.17) is 46.4 Å². The van der Waals surface area contributed by atoms with Gasteiger partial charge in [-0.05, 0) is 53.3 Å². The van der Waals surface area contributed by atoms with Crippen molar-refractivity contribution < 1.29 is 28.5 Å². The number of halogens is 4. The van der Waals surface area contributed by atoms with Gasteiger partial charge >= 0.3 is 21.3 Å². The van der Waals surface area contributed by atoms with Crippen LogP contribution in [0.4, 0.5) is 9.59 Å². The molecule has 0 aromatic carbocycles. The minimum Gasteiger partial charge on any atom is -0.430 e. The molecule has 0 bridgehead atoms. The van der Waals surface area contributed by atoms with Gasteiger partial charge in [-0.15, -0.1) is 0 Å². The molecule has 2 aliphatic rings. The summed E-state index contributed by atoms with van der Waals surface area (Å²) in [5.74, 6) is 0. The highest BCUT2D eigenvalue weighted by Crippen LogP contribution is 2.49. The summed E-state index contributed by atoms with van der Waals surface area (Å²) in [6.45, 7) is 2.18. The molecule has 0 amide bonds. The first-order valence-corrected chi connectivity index (χ1v) is 5.66. The van der Waals surface area contributed by atoms with E-state index in [-0.39, 0.29) is 6.10 Å². The molecule has 0 aromatic heterocycles. The van der Waals surface area contributed by atoms with Crippen molar-refractivity contribution >= 4 is 58.7 Å². The van der Waals surface area contributed by atoms with Crippen LogP contribution in [0, 0.1) is 0 Å². The van der Waals surface area contributed by atoms with Crippen LogP contribution in [0.1, 0.15) is 6.92 Å². The number of hydrogen-bond donors (Lipinski definition) is 0. The van der Waals surface area contributed by atoms with Gasteiger partial charge in [0.05, 0.1) is 0 Å². The molecule has 1 unspecified atom stereocenters. The average Bonchev–Trinajstić information content (AvgIpc) is 2.55. The van der Waals surface area contributed by atoms with Gasteiger partial charge in [0.25, 0.3) is 0 Å². The van der Waals surface area contributed by atoms with E-state index < -0.39 is 21.3 Å². The Morgan fingerprint density at radius 3 is 1.65 bits per heavy atom. The smallest absolute Gasteiger partial charge is 0.430 e. The molecule has 0 radical (unpaired) electrons. The Hall–Kier alpha value is -0.300. The van der Waals surface area contributed by atoms with E-state index in [0.717, 1.165) is 0 Å². The van der Waals surface area contributed by atoms with Crippen LogP contribution in [0.25, 0.3) is 0 Å². The monoisotopic (exact) mass is 326 g/mol. The summed E-state index contributed by atoms with van der Waals surface area (Å²) in [4.78, 5) is 20.3. The van der Waals surface area contributed by atoms with Gasteiger partial charge in [-0.1, -0.05) is 0 Å². The van der Waals surface area contributed by atoms with E-state index in [1.54, 1.807) is 6.92 Å². The van der Waals surface area contributed by atoms with Gasteiger partial charge in [0, 0.05) is 0 Å². The number of carbonyl (C=O) groups excluding carboxylic acids is 2. The molecule has 2 saturated heterocycles. The molecule has 0 aromatic rings. The number of carbonyl (C=O) groups is 2. The normalized spacial score (nSPS) is 28.2. The maximum Gasteiger partial charge on any atom is 0.514 e. The first-order chi connectivity index (χ1) is 7.64. The SMILES string of the molecule is CC1COC(=O)O1.O=C1OC(Cl)(Cl)C(Cl)(Cl)O1. The zero-order chi connectivity index (χ0) is 13.3. The van der Waals surface area contributed by atoms with E-state index in [2.05, 4.69) is 18.9 Å². The van der Waals surface area contributed by atoms with Crippen LogP contribution < -0.4 is 0 Å². The third-order valence-electron chi connectivity index (χ3n) is 1.50. The van der Waals surface area contributed by atoms with E-state index in [1.165, 1.54) is 0 Å². The first kappa shape index (κ1) is 14.8. The van der Waals surface area contributed by atoms with Crippen molar-refractivity contribution in [3.05, 3.63) is 0 Å². The third-order valence-corrected chi connectivity index (χ3v) is 3.26. The fraction of sp³-hybridized carbons (Fsp3) is 0.714. The maximum atomic E-state index is 10.3. The van der Waals surface area contributed by atoms with Gasteiger partial charge in [0.15, 0.2) is 0 Å². The molecule has 17 heavy (non-hydrogen) atoms. The van der Waals surface area contributed by atoms with Crippen LogP contribution >= 0.6 is 46.4 Å². The summed E-state index contributed by atoms with van der Waals surface area (Å²) in [5.41, 5.74) is 0. The van der Waals surface area contributed by atoms with Gasteiger partial charge in [-0.25, -0.2) is 9.59 Å². The van der Waals surface area contributed by atoms with Crippen molar-refractivity contribution in [1.29, 1.82) is 0 Å². The number of hydrogen-bond acceptors (Lipinski definition) is 6. The van der Waals surface area contributed by atoms with Crippen molar-refractivity contribution in [3.63, 3.8) is 0 Å². The molecule has 10 heteroatoms. The molecule has 2 rings (SSSR count). The predicted octanol–water partition coefficient (Wildman–Crippen LogP) is 2.96. The van der Waals surface area contributed by atoms with Gasteiger partial charge in [0.1, 0.15) is 12.7 Å². The summed E-state index contributed by atoms with van der Waals surface area (Å²) >= 11 is 21.2. The second-order valence-electron chi connectivity index (χ2n) is 2.98. The van der Waals surface area contributed by atoms with Crippen molar-refractivity contribution in [2.75, 3.05) is 6.61 Å². The molecule has 0 spiro atoms. The molecule has 2 heterocycles. The largest absolute Gasteiger partial charge is 0.514 e. The molecule has 1 atom stereocenters. The van der Waals surface area contributed by atoms with Crippen molar-refractivity contribution in [1.82, 2.24) is 0 Å².